The molecule has 30 heavy (non-hydrogen) atoms. The van der Waals surface area contributed by atoms with E-state index >= 15 is 0 Å². The number of carbonyl (C=O) groups is 2. The van der Waals surface area contributed by atoms with E-state index in [9.17, 15) is 9.59 Å². The van der Waals surface area contributed by atoms with Crippen molar-refractivity contribution in [3.05, 3.63) is 46.1 Å². The number of aryl methyl sites for hydroxylation is 2. The molecule has 8 heteroatoms. The van der Waals surface area contributed by atoms with Crippen molar-refractivity contribution in [2.45, 2.75) is 52.6 Å². The van der Waals surface area contributed by atoms with E-state index in [1.807, 2.05) is 24.9 Å². The first kappa shape index (κ1) is 20.5. The third-order valence-electron chi connectivity index (χ3n) is 6.07. The molecule has 4 rings (SSSR count). The molecule has 1 fully saturated rings. The highest BCUT2D eigenvalue weighted by molar-refractivity contribution is 5.92. The SMILES string of the molecule is CCc1cc(C(=O)NCc2c(C)ncc3c2CCN(C(=O)CN2CCCC2)C3)no1. The lowest BCUT2D eigenvalue weighted by atomic mass is 9.94. The van der Waals surface area contributed by atoms with Gasteiger partial charge in [0.1, 0.15) is 5.76 Å². The topological polar surface area (TPSA) is 91.6 Å². The first-order valence-electron chi connectivity index (χ1n) is 10.7. The second-order valence-corrected chi connectivity index (χ2v) is 8.09. The Hall–Kier alpha value is -2.74. The van der Waals surface area contributed by atoms with E-state index in [2.05, 4.69) is 20.4 Å². The number of pyridine rings is 1. The van der Waals surface area contributed by atoms with Crippen molar-refractivity contribution in [2.24, 2.45) is 0 Å². The van der Waals surface area contributed by atoms with Gasteiger partial charge in [0.25, 0.3) is 5.91 Å². The van der Waals surface area contributed by atoms with Crippen LogP contribution in [0.3, 0.4) is 0 Å². The van der Waals surface area contributed by atoms with Crippen molar-refractivity contribution < 1.29 is 14.1 Å². The van der Waals surface area contributed by atoms with Gasteiger partial charge in [-0.1, -0.05) is 12.1 Å². The van der Waals surface area contributed by atoms with Crippen LogP contribution < -0.4 is 5.32 Å². The highest BCUT2D eigenvalue weighted by atomic mass is 16.5. The maximum atomic E-state index is 12.7. The Balaban J connectivity index is 1.42. The first-order valence-corrected chi connectivity index (χ1v) is 10.7. The Morgan fingerprint density at radius 3 is 2.77 bits per heavy atom. The molecule has 0 radical (unpaired) electrons. The zero-order chi connectivity index (χ0) is 21.1. The second-order valence-electron chi connectivity index (χ2n) is 8.09. The Morgan fingerprint density at radius 1 is 1.23 bits per heavy atom. The number of nitrogens with one attached hydrogen (secondary N) is 1. The molecule has 4 heterocycles. The van der Waals surface area contributed by atoms with E-state index in [0.717, 1.165) is 36.3 Å². The molecule has 0 aromatic carbocycles. The summed E-state index contributed by atoms with van der Waals surface area (Å²) in [6, 6.07) is 1.67. The maximum Gasteiger partial charge on any atom is 0.273 e. The van der Waals surface area contributed by atoms with Gasteiger partial charge in [0.15, 0.2) is 5.69 Å². The van der Waals surface area contributed by atoms with Crippen LogP contribution >= 0.6 is 0 Å². The second kappa shape index (κ2) is 8.95. The third kappa shape index (κ3) is 4.38. The van der Waals surface area contributed by atoms with Crippen molar-refractivity contribution in [2.75, 3.05) is 26.2 Å². The molecule has 1 N–H and O–H groups in total. The van der Waals surface area contributed by atoms with E-state index in [1.165, 1.54) is 18.4 Å². The molecule has 0 aliphatic carbocycles. The molecular formula is C22H29N5O3. The highest BCUT2D eigenvalue weighted by Crippen LogP contribution is 2.24. The lowest BCUT2D eigenvalue weighted by Gasteiger charge is -2.31. The maximum absolute atomic E-state index is 12.7. The fourth-order valence-electron chi connectivity index (χ4n) is 4.25. The van der Waals surface area contributed by atoms with Crippen LogP contribution in [-0.2, 0) is 30.7 Å². The van der Waals surface area contributed by atoms with Crippen LogP contribution in [-0.4, -0.2) is 57.9 Å². The van der Waals surface area contributed by atoms with E-state index in [-0.39, 0.29) is 11.8 Å². The Morgan fingerprint density at radius 2 is 2.03 bits per heavy atom. The number of fused-ring (bicyclic) bond motifs is 1. The number of rotatable bonds is 6. The van der Waals surface area contributed by atoms with Gasteiger partial charge in [-0.2, -0.15) is 0 Å². The van der Waals surface area contributed by atoms with E-state index in [1.54, 1.807) is 6.07 Å². The lowest BCUT2D eigenvalue weighted by molar-refractivity contribution is -0.133. The van der Waals surface area contributed by atoms with E-state index in [0.29, 0.717) is 44.1 Å². The van der Waals surface area contributed by atoms with Gasteiger partial charge in [-0.15, -0.1) is 0 Å². The van der Waals surface area contributed by atoms with Gasteiger partial charge in [0.2, 0.25) is 5.91 Å². The van der Waals surface area contributed by atoms with E-state index in [4.69, 9.17) is 4.52 Å². The summed E-state index contributed by atoms with van der Waals surface area (Å²) < 4.78 is 5.12. The summed E-state index contributed by atoms with van der Waals surface area (Å²) in [6.45, 7) is 8.13. The summed E-state index contributed by atoms with van der Waals surface area (Å²) in [5.74, 6) is 0.623. The first-order chi connectivity index (χ1) is 14.5. The average Bonchev–Trinajstić information content (AvgIpc) is 3.44. The van der Waals surface area contributed by atoms with Gasteiger partial charge < -0.3 is 14.7 Å². The highest BCUT2D eigenvalue weighted by Gasteiger charge is 2.26. The largest absolute Gasteiger partial charge is 0.361 e. The van der Waals surface area contributed by atoms with Crippen LogP contribution in [0.25, 0.3) is 0 Å². The van der Waals surface area contributed by atoms with Crippen LogP contribution in [0.2, 0.25) is 0 Å². The molecular weight excluding hydrogens is 382 g/mol. The van der Waals surface area contributed by atoms with Gasteiger partial charge in [0, 0.05) is 44.0 Å². The minimum Gasteiger partial charge on any atom is -0.361 e. The van der Waals surface area contributed by atoms with Gasteiger partial charge in [-0.05, 0) is 56.0 Å². The average molecular weight is 412 g/mol. The van der Waals surface area contributed by atoms with Crippen molar-refractivity contribution in [1.82, 2.24) is 25.3 Å². The summed E-state index contributed by atoms with van der Waals surface area (Å²) in [5, 5.41) is 6.77. The zero-order valence-electron chi connectivity index (χ0n) is 17.7. The summed E-state index contributed by atoms with van der Waals surface area (Å²) in [6.07, 6.45) is 5.71. The molecule has 0 bridgehead atoms. The Bertz CT molecular complexity index is 933. The van der Waals surface area contributed by atoms with E-state index < -0.39 is 0 Å². The minimum atomic E-state index is -0.256. The van der Waals surface area contributed by atoms with Crippen LogP contribution in [0.1, 0.15) is 58.4 Å². The molecule has 1 saturated heterocycles. The third-order valence-corrected chi connectivity index (χ3v) is 6.07. The standard InChI is InChI=1S/C22H29N5O3/c1-3-17-10-20(25-30-17)22(29)24-12-19-15(2)23-11-16-13-27(9-6-18(16)19)21(28)14-26-7-4-5-8-26/h10-11H,3-9,12-14H2,1-2H3,(H,24,29). The minimum absolute atomic E-state index is 0.190. The molecule has 0 spiro atoms. The monoisotopic (exact) mass is 411 g/mol. The molecule has 2 amide bonds. The number of aromatic nitrogens is 2. The van der Waals surface area contributed by atoms with Gasteiger partial charge >= 0.3 is 0 Å². The molecule has 0 saturated carbocycles. The van der Waals surface area contributed by atoms with Crippen molar-refractivity contribution >= 4 is 11.8 Å². The van der Waals surface area contributed by atoms with Gasteiger partial charge in [-0.3, -0.25) is 19.5 Å². The summed E-state index contributed by atoms with van der Waals surface area (Å²) in [7, 11) is 0. The Kier molecular flexibility index (Phi) is 6.13. The van der Waals surface area contributed by atoms with Crippen molar-refractivity contribution in [3.8, 4) is 0 Å². The molecule has 8 nitrogen and oxygen atoms in total. The van der Waals surface area contributed by atoms with Crippen molar-refractivity contribution in [1.29, 1.82) is 0 Å². The summed E-state index contributed by atoms with van der Waals surface area (Å²) in [4.78, 5) is 33.8. The van der Waals surface area contributed by atoms with Crippen LogP contribution in [0.4, 0.5) is 0 Å². The lowest BCUT2D eigenvalue weighted by Crippen LogP contribution is -2.42. The molecule has 2 aliphatic heterocycles. The molecule has 0 atom stereocenters. The van der Waals surface area contributed by atoms with Crippen molar-refractivity contribution in [3.63, 3.8) is 0 Å². The Labute approximate surface area is 176 Å². The predicted octanol–water partition coefficient (Wildman–Crippen LogP) is 1.85. The number of likely N-dealkylation sites (tertiary alicyclic amines) is 1. The molecule has 0 unspecified atom stereocenters. The molecule has 2 aliphatic rings. The fourth-order valence-corrected chi connectivity index (χ4v) is 4.25. The predicted molar refractivity (Wildman–Crippen MR) is 111 cm³/mol. The number of nitrogens with zero attached hydrogens (tertiary/aromatic N) is 4. The molecule has 2 aromatic rings. The van der Waals surface area contributed by atoms with Crippen LogP contribution in [0.15, 0.2) is 16.8 Å². The van der Waals surface area contributed by atoms with Crippen LogP contribution in [0.5, 0.6) is 0 Å². The number of carbonyl (C=O) groups excluding carboxylic acids is 2. The summed E-state index contributed by atoms with van der Waals surface area (Å²) >= 11 is 0. The normalized spacial score (nSPS) is 16.5. The fraction of sp³-hybridized carbons (Fsp3) is 0.545. The molecule has 2 aromatic heterocycles. The number of amides is 2. The van der Waals surface area contributed by atoms with Crippen LogP contribution in [0, 0.1) is 6.92 Å². The van der Waals surface area contributed by atoms with Gasteiger partial charge in [0.05, 0.1) is 6.54 Å². The molecule has 160 valence electrons. The smallest absolute Gasteiger partial charge is 0.273 e. The zero-order valence-corrected chi connectivity index (χ0v) is 17.7. The van der Waals surface area contributed by atoms with Gasteiger partial charge in [-0.25, -0.2) is 0 Å². The summed E-state index contributed by atoms with van der Waals surface area (Å²) in [5.41, 5.74) is 4.50. The number of hydrogen-bond donors (Lipinski definition) is 1. The number of hydrogen-bond acceptors (Lipinski definition) is 6. The quantitative estimate of drug-likeness (QED) is 0.780.